The predicted molar refractivity (Wildman–Crippen MR) is 81.7 cm³/mol. The first-order valence-corrected chi connectivity index (χ1v) is 7.30. The number of hydrogen-bond acceptors (Lipinski definition) is 4. The number of anilines is 2. The molecule has 0 spiro atoms. The average molecular weight is 304 g/mol. The van der Waals surface area contributed by atoms with Crippen LogP contribution in [0.5, 0.6) is 0 Å². The summed E-state index contributed by atoms with van der Waals surface area (Å²) in [6.45, 7) is 4.22. The molecule has 0 saturated carbocycles. The van der Waals surface area contributed by atoms with Gasteiger partial charge in [-0.3, -0.25) is 15.3 Å². The number of amides is 2. The number of carbonyl (C=O) groups is 1. The molecule has 1 aliphatic heterocycles. The van der Waals surface area contributed by atoms with Crippen LogP contribution in [0.15, 0.2) is 18.3 Å². The minimum atomic E-state index is -0.331. The van der Waals surface area contributed by atoms with Gasteiger partial charge in [0.15, 0.2) is 5.82 Å². The molecule has 2 aromatic rings. The number of aromatic nitrogens is 4. The summed E-state index contributed by atoms with van der Waals surface area (Å²) in [5, 5.41) is 14.0. The van der Waals surface area contributed by atoms with Crippen LogP contribution in [0.3, 0.4) is 0 Å². The van der Waals surface area contributed by atoms with E-state index in [4.69, 9.17) is 4.74 Å². The Morgan fingerprint density at radius 1 is 1.50 bits per heavy atom. The van der Waals surface area contributed by atoms with Crippen LogP contribution in [-0.2, 0) is 18.3 Å². The fourth-order valence-electron chi connectivity index (χ4n) is 2.44. The Labute approximate surface area is 128 Å². The predicted octanol–water partition coefficient (Wildman–Crippen LogP) is 1.61. The lowest BCUT2D eigenvalue weighted by Gasteiger charge is -2.12. The number of hydrogen-bond donors (Lipinski definition) is 2. The van der Waals surface area contributed by atoms with Crippen molar-refractivity contribution in [1.82, 2.24) is 19.6 Å². The fraction of sp³-hybridized carbons (Fsp3) is 0.500. The van der Waals surface area contributed by atoms with Crippen LogP contribution in [0.4, 0.5) is 16.4 Å². The molecular weight excluding hydrogens is 284 g/mol. The van der Waals surface area contributed by atoms with Gasteiger partial charge in [-0.05, 0) is 13.3 Å². The van der Waals surface area contributed by atoms with E-state index in [1.165, 1.54) is 0 Å². The third kappa shape index (κ3) is 3.28. The van der Waals surface area contributed by atoms with Crippen molar-refractivity contribution in [2.45, 2.75) is 19.9 Å². The molecule has 1 unspecified atom stereocenters. The van der Waals surface area contributed by atoms with Crippen molar-refractivity contribution in [2.75, 3.05) is 23.8 Å². The maximum Gasteiger partial charge on any atom is 0.326 e. The van der Waals surface area contributed by atoms with Gasteiger partial charge in [-0.1, -0.05) is 0 Å². The molecule has 1 atom stereocenters. The Balaban J connectivity index is 1.60. The lowest BCUT2D eigenvalue weighted by Crippen LogP contribution is -2.23. The molecule has 2 N–H and O–H groups in total. The Hall–Kier alpha value is -2.35. The molecule has 3 heterocycles. The largest absolute Gasteiger partial charge is 0.381 e. The molecule has 3 rings (SSSR count). The van der Waals surface area contributed by atoms with Crippen molar-refractivity contribution in [2.24, 2.45) is 13.0 Å². The second kappa shape index (κ2) is 6.18. The highest BCUT2D eigenvalue weighted by atomic mass is 16.5. The Morgan fingerprint density at radius 2 is 2.36 bits per heavy atom. The summed E-state index contributed by atoms with van der Waals surface area (Å²) in [6.07, 6.45) is 2.70. The van der Waals surface area contributed by atoms with Crippen LogP contribution in [0.1, 0.15) is 12.1 Å². The molecule has 1 fully saturated rings. The highest BCUT2D eigenvalue weighted by Crippen LogP contribution is 2.17. The zero-order valence-corrected chi connectivity index (χ0v) is 12.7. The molecule has 1 aliphatic rings. The van der Waals surface area contributed by atoms with E-state index < -0.39 is 0 Å². The van der Waals surface area contributed by atoms with Crippen molar-refractivity contribution >= 4 is 17.7 Å². The second-order valence-electron chi connectivity index (χ2n) is 5.50. The third-order valence-electron chi connectivity index (χ3n) is 3.77. The summed E-state index contributed by atoms with van der Waals surface area (Å²) in [6, 6.07) is 3.26. The second-order valence-corrected chi connectivity index (χ2v) is 5.50. The highest BCUT2D eigenvalue weighted by molar-refractivity contribution is 5.98. The molecule has 1 saturated heterocycles. The quantitative estimate of drug-likeness (QED) is 0.898. The zero-order valence-electron chi connectivity index (χ0n) is 12.7. The van der Waals surface area contributed by atoms with Gasteiger partial charge in [-0.2, -0.15) is 10.2 Å². The van der Waals surface area contributed by atoms with Gasteiger partial charge in [0, 0.05) is 43.9 Å². The number of nitrogens with one attached hydrogen (secondary N) is 2. The topological polar surface area (TPSA) is 86.0 Å². The van der Waals surface area contributed by atoms with Crippen LogP contribution < -0.4 is 10.6 Å². The van der Waals surface area contributed by atoms with Gasteiger partial charge in [0.05, 0.1) is 12.8 Å². The standard InChI is InChI=1S/C14H20N6O2/c1-10-7-12(18-19(10)2)16-14(21)17-13-3-5-15-20(13)8-11-4-6-22-9-11/h3,5,7,11H,4,6,8-9H2,1-2H3,(H2,16,17,18,21). The van der Waals surface area contributed by atoms with E-state index in [2.05, 4.69) is 20.8 Å². The molecule has 0 radical (unpaired) electrons. The van der Waals surface area contributed by atoms with Crippen LogP contribution in [0, 0.1) is 12.8 Å². The molecule has 118 valence electrons. The number of nitrogens with zero attached hydrogens (tertiary/aromatic N) is 4. The molecule has 8 heteroatoms. The Morgan fingerprint density at radius 3 is 3.05 bits per heavy atom. The van der Waals surface area contributed by atoms with Gasteiger partial charge in [0.2, 0.25) is 0 Å². The first kappa shape index (κ1) is 14.6. The van der Waals surface area contributed by atoms with E-state index in [-0.39, 0.29) is 6.03 Å². The minimum Gasteiger partial charge on any atom is -0.381 e. The van der Waals surface area contributed by atoms with Crippen LogP contribution in [0.2, 0.25) is 0 Å². The van der Waals surface area contributed by atoms with Gasteiger partial charge in [-0.25, -0.2) is 9.48 Å². The first-order chi connectivity index (χ1) is 10.6. The average Bonchev–Trinajstić information content (AvgIpc) is 3.17. The summed E-state index contributed by atoms with van der Waals surface area (Å²) >= 11 is 0. The van der Waals surface area contributed by atoms with Crippen molar-refractivity contribution in [3.63, 3.8) is 0 Å². The summed E-state index contributed by atoms with van der Waals surface area (Å²) in [4.78, 5) is 12.1. The Bertz CT molecular complexity index is 637. The van der Waals surface area contributed by atoms with Gasteiger partial charge in [0.1, 0.15) is 5.82 Å². The van der Waals surface area contributed by atoms with Crippen LogP contribution in [-0.4, -0.2) is 38.8 Å². The van der Waals surface area contributed by atoms with Gasteiger partial charge in [-0.15, -0.1) is 0 Å². The molecule has 8 nitrogen and oxygen atoms in total. The lowest BCUT2D eigenvalue weighted by molar-refractivity contribution is 0.181. The monoisotopic (exact) mass is 304 g/mol. The van der Waals surface area contributed by atoms with E-state index in [0.717, 1.165) is 31.9 Å². The summed E-state index contributed by atoms with van der Waals surface area (Å²) in [5.74, 6) is 1.63. The van der Waals surface area contributed by atoms with Gasteiger partial charge in [0.25, 0.3) is 0 Å². The van der Waals surface area contributed by atoms with Crippen molar-refractivity contribution < 1.29 is 9.53 Å². The first-order valence-electron chi connectivity index (χ1n) is 7.30. The number of aryl methyl sites for hydroxylation is 2. The third-order valence-corrected chi connectivity index (χ3v) is 3.77. The molecule has 0 aliphatic carbocycles. The zero-order chi connectivity index (χ0) is 15.5. The molecule has 0 bridgehead atoms. The van der Waals surface area contributed by atoms with Crippen molar-refractivity contribution in [3.8, 4) is 0 Å². The fourth-order valence-corrected chi connectivity index (χ4v) is 2.44. The van der Waals surface area contributed by atoms with Crippen LogP contribution in [0.25, 0.3) is 0 Å². The van der Waals surface area contributed by atoms with E-state index >= 15 is 0 Å². The molecule has 2 amide bonds. The summed E-state index contributed by atoms with van der Waals surface area (Å²) in [7, 11) is 1.83. The van der Waals surface area contributed by atoms with E-state index in [1.54, 1.807) is 21.6 Å². The van der Waals surface area contributed by atoms with E-state index in [0.29, 0.717) is 17.6 Å². The normalized spacial score (nSPS) is 17.6. The number of carbonyl (C=O) groups excluding carboxylic acids is 1. The maximum atomic E-state index is 12.1. The maximum absolute atomic E-state index is 12.1. The Kier molecular flexibility index (Phi) is 4.10. The number of urea groups is 1. The number of rotatable bonds is 4. The van der Waals surface area contributed by atoms with Gasteiger partial charge < -0.3 is 4.74 Å². The van der Waals surface area contributed by atoms with Gasteiger partial charge >= 0.3 is 6.03 Å². The van der Waals surface area contributed by atoms with E-state index in [1.807, 2.05) is 20.0 Å². The summed E-state index contributed by atoms with van der Waals surface area (Å²) < 4.78 is 8.87. The minimum absolute atomic E-state index is 0.331. The SMILES string of the molecule is Cc1cc(NC(=O)Nc2ccnn2CC2CCOC2)nn1C. The van der Waals surface area contributed by atoms with Crippen molar-refractivity contribution in [1.29, 1.82) is 0 Å². The number of ether oxygens (including phenoxy) is 1. The smallest absolute Gasteiger partial charge is 0.326 e. The summed E-state index contributed by atoms with van der Waals surface area (Å²) in [5.41, 5.74) is 0.974. The molecule has 0 aromatic carbocycles. The van der Waals surface area contributed by atoms with Crippen LogP contribution >= 0.6 is 0 Å². The molecule has 22 heavy (non-hydrogen) atoms. The highest BCUT2D eigenvalue weighted by Gasteiger charge is 2.18. The van der Waals surface area contributed by atoms with E-state index in [9.17, 15) is 4.79 Å². The molecule has 2 aromatic heterocycles. The van der Waals surface area contributed by atoms with Crippen molar-refractivity contribution in [3.05, 3.63) is 24.0 Å². The lowest BCUT2D eigenvalue weighted by atomic mass is 10.1. The molecular formula is C14H20N6O2.